The number of rotatable bonds is 2. The van der Waals surface area contributed by atoms with Crippen molar-refractivity contribution in [1.82, 2.24) is 4.90 Å². The van der Waals surface area contributed by atoms with Crippen molar-refractivity contribution in [3.63, 3.8) is 0 Å². The molecule has 0 spiro atoms. The summed E-state index contributed by atoms with van der Waals surface area (Å²) in [6, 6.07) is 11.9. The quantitative estimate of drug-likeness (QED) is 0.854. The molecule has 1 aliphatic rings. The van der Waals surface area contributed by atoms with E-state index in [1.807, 2.05) is 41.3 Å². The Kier molecular flexibility index (Phi) is 3.82. The van der Waals surface area contributed by atoms with Gasteiger partial charge in [0.1, 0.15) is 0 Å². The Morgan fingerprint density at radius 2 is 2.00 bits per heavy atom. The fraction of sp³-hybridized carbons (Fsp3) is 0.389. The van der Waals surface area contributed by atoms with Crippen LogP contribution in [0.3, 0.4) is 0 Å². The molecule has 3 nitrogen and oxygen atoms in total. The van der Waals surface area contributed by atoms with Crippen LogP contribution in [0.15, 0.2) is 36.4 Å². The Morgan fingerprint density at radius 3 is 2.71 bits per heavy atom. The summed E-state index contributed by atoms with van der Waals surface area (Å²) >= 11 is 0. The second kappa shape index (κ2) is 5.76. The first-order chi connectivity index (χ1) is 10.2. The van der Waals surface area contributed by atoms with E-state index >= 15 is 0 Å². The molecule has 3 heteroatoms. The first-order valence-electron chi connectivity index (χ1n) is 7.76. The van der Waals surface area contributed by atoms with Crippen molar-refractivity contribution in [3.05, 3.63) is 42.0 Å². The van der Waals surface area contributed by atoms with Crippen LogP contribution in [0.25, 0.3) is 10.8 Å². The highest BCUT2D eigenvalue weighted by atomic mass is 16.2. The number of nitrogen functional groups attached to an aromatic ring is 1. The van der Waals surface area contributed by atoms with E-state index in [0.29, 0.717) is 17.2 Å². The molecule has 2 N–H and O–H groups in total. The van der Waals surface area contributed by atoms with E-state index in [9.17, 15) is 4.79 Å². The minimum Gasteiger partial charge on any atom is -0.398 e. The van der Waals surface area contributed by atoms with Crippen LogP contribution in [0.2, 0.25) is 0 Å². The summed E-state index contributed by atoms with van der Waals surface area (Å²) in [7, 11) is 0. The smallest absolute Gasteiger partial charge is 0.255 e. The third-order valence-corrected chi connectivity index (χ3v) is 4.53. The maximum Gasteiger partial charge on any atom is 0.255 e. The molecular weight excluding hydrogens is 260 g/mol. The van der Waals surface area contributed by atoms with Gasteiger partial charge >= 0.3 is 0 Å². The summed E-state index contributed by atoms with van der Waals surface area (Å²) in [6.45, 7) is 3.91. The summed E-state index contributed by atoms with van der Waals surface area (Å²) in [5, 5.41) is 2.15. The molecule has 1 aliphatic heterocycles. The van der Waals surface area contributed by atoms with Gasteiger partial charge in [-0.25, -0.2) is 0 Å². The zero-order valence-electron chi connectivity index (χ0n) is 12.5. The Morgan fingerprint density at radius 1 is 1.29 bits per heavy atom. The lowest BCUT2D eigenvalue weighted by Crippen LogP contribution is -2.40. The van der Waals surface area contributed by atoms with E-state index in [1.165, 1.54) is 6.42 Å². The Bertz CT molecular complexity index is 665. The SMILES string of the molecule is CCC1CCCN(C(=O)c2cc3ccccc3cc2N)C1. The highest BCUT2D eigenvalue weighted by Gasteiger charge is 2.24. The molecule has 0 aliphatic carbocycles. The average molecular weight is 282 g/mol. The van der Waals surface area contributed by atoms with Crippen LogP contribution >= 0.6 is 0 Å². The number of anilines is 1. The van der Waals surface area contributed by atoms with Gasteiger partial charge in [-0.1, -0.05) is 37.6 Å². The van der Waals surface area contributed by atoms with Gasteiger partial charge in [0.2, 0.25) is 0 Å². The monoisotopic (exact) mass is 282 g/mol. The maximum atomic E-state index is 12.8. The lowest BCUT2D eigenvalue weighted by atomic mass is 9.94. The summed E-state index contributed by atoms with van der Waals surface area (Å²) < 4.78 is 0. The van der Waals surface area contributed by atoms with E-state index in [-0.39, 0.29) is 5.91 Å². The van der Waals surface area contributed by atoms with Gasteiger partial charge in [0.25, 0.3) is 5.91 Å². The van der Waals surface area contributed by atoms with Crippen LogP contribution < -0.4 is 5.73 Å². The van der Waals surface area contributed by atoms with Crippen LogP contribution in [0, 0.1) is 5.92 Å². The molecule has 3 rings (SSSR count). The van der Waals surface area contributed by atoms with Crippen molar-refractivity contribution in [2.75, 3.05) is 18.8 Å². The second-order valence-electron chi connectivity index (χ2n) is 5.95. The van der Waals surface area contributed by atoms with Crippen LogP contribution in [0.1, 0.15) is 36.5 Å². The molecule has 1 unspecified atom stereocenters. The number of carbonyl (C=O) groups is 1. The number of likely N-dealkylation sites (tertiary alicyclic amines) is 1. The first-order valence-corrected chi connectivity index (χ1v) is 7.76. The molecule has 1 saturated heterocycles. The molecule has 1 amide bonds. The van der Waals surface area contributed by atoms with Crippen molar-refractivity contribution in [1.29, 1.82) is 0 Å². The highest BCUT2D eigenvalue weighted by Crippen LogP contribution is 2.26. The molecule has 21 heavy (non-hydrogen) atoms. The molecule has 110 valence electrons. The van der Waals surface area contributed by atoms with E-state index in [1.54, 1.807) is 0 Å². The standard InChI is InChI=1S/C18H22N2O/c1-2-13-6-5-9-20(12-13)18(21)16-10-14-7-3-4-8-15(14)11-17(16)19/h3-4,7-8,10-11,13H,2,5-6,9,12,19H2,1H3. The van der Waals surface area contributed by atoms with Crippen molar-refractivity contribution in [2.24, 2.45) is 5.92 Å². The van der Waals surface area contributed by atoms with E-state index in [0.717, 1.165) is 36.7 Å². The Hall–Kier alpha value is -2.03. The molecule has 0 bridgehead atoms. The topological polar surface area (TPSA) is 46.3 Å². The molecule has 1 heterocycles. The molecule has 1 fully saturated rings. The minimum absolute atomic E-state index is 0.0800. The number of benzene rings is 2. The van der Waals surface area contributed by atoms with Gasteiger partial charge in [-0.05, 0) is 41.7 Å². The number of nitrogens with two attached hydrogens (primary N) is 1. The fourth-order valence-electron chi connectivity index (χ4n) is 3.20. The predicted molar refractivity (Wildman–Crippen MR) is 87.3 cm³/mol. The normalized spacial score (nSPS) is 18.9. The van der Waals surface area contributed by atoms with Gasteiger partial charge in [-0.3, -0.25) is 4.79 Å². The average Bonchev–Trinajstić information content (AvgIpc) is 2.53. The van der Waals surface area contributed by atoms with Gasteiger partial charge in [0.05, 0.1) is 5.56 Å². The fourth-order valence-corrected chi connectivity index (χ4v) is 3.20. The van der Waals surface area contributed by atoms with Crippen molar-refractivity contribution in [3.8, 4) is 0 Å². The van der Waals surface area contributed by atoms with E-state index in [2.05, 4.69) is 6.92 Å². The highest BCUT2D eigenvalue weighted by molar-refractivity contribution is 6.03. The van der Waals surface area contributed by atoms with Crippen molar-refractivity contribution >= 4 is 22.4 Å². The minimum atomic E-state index is 0.0800. The predicted octanol–water partition coefficient (Wildman–Crippen LogP) is 3.68. The van der Waals surface area contributed by atoms with Crippen LogP contribution in [0.4, 0.5) is 5.69 Å². The number of nitrogens with zero attached hydrogens (tertiary/aromatic N) is 1. The van der Waals surface area contributed by atoms with E-state index in [4.69, 9.17) is 5.73 Å². The summed E-state index contributed by atoms with van der Waals surface area (Å²) in [4.78, 5) is 14.7. The van der Waals surface area contributed by atoms with E-state index < -0.39 is 0 Å². The van der Waals surface area contributed by atoms with Crippen molar-refractivity contribution in [2.45, 2.75) is 26.2 Å². The van der Waals surface area contributed by atoms with Crippen molar-refractivity contribution < 1.29 is 4.79 Å². The molecular formula is C18H22N2O. The molecule has 2 aromatic rings. The zero-order chi connectivity index (χ0) is 14.8. The van der Waals surface area contributed by atoms with Crippen LogP contribution in [-0.4, -0.2) is 23.9 Å². The number of carbonyl (C=O) groups excluding carboxylic acids is 1. The Balaban J connectivity index is 1.92. The number of amides is 1. The summed E-state index contributed by atoms with van der Waals surface area (Å²) in [5.74, 6) is 0.709. The number of fused-ring (bicyclic) bond motifs is 1. The van der Waals surface area contributed by atoms with Gasteiger partial charge in [0.15, 0.2) is 0 Å². The molecule has 0 saturated carbocycles. The van der Waals surface area contributed by atoms with Crippen LogP contribution in [-0.2, 0) is 0 Å². The third-order valence-electron chi connectivity index (χ3n) is 4.53. The number of hydrogen-bond donors (Lipinski definition) is 1. The van der Waals surface area contributed by atoms with Gasteiger partial charge < -0.3 is 10.6 Å². The van der Waals surface area contributed by atoms with Gasteiger partial charge in [0, 0.05) is 18.8 Å². The third kappa shape index (κ3) is 2.73. The van der Waals surface area contributed by atoms with Gasteiger partial charge in [-0.2, -0.15) is 0 Å². The lowest BCUT2D eigenvalue weighted by Gasteiger charge is -2.32. The Labute approximate surface area is 125 Å². The van der Waals surface area contributed by atoms with Gasteiger partial charge in [-0.15, -0.1) is 0 Å². The summed E-state index contributed by atoms with van der Waals surface area (Å²) in [5.41, 5.74) is 7.34. The maximum absolute atomic E-state index is 12.8. The molecule has 2 aromatic carbocycles. The lowest BCUT2D eigenvalue weighted by molar-refractivity contribution is 0.0672. The molecule has 1 atom stereocenters. The second-order valence-corrected chi connectivity index (χ2v) is 5.95. The molecule has 0 aromatic heterocycles. The summed E-state index contributed by atoms with van der Waals surface area (Å²) in [6.07, 6.45) is 3.46. The first kappa shape index (κ1) is 13.9. The molecule has 0 radical (unpaired) electrons. The number of hydrogen-bond acceptors (Lipinski definition) is 2. The largest absolute Gasteiger partial charge is 0.398 e. The van der Waals surface area contributed by atoms with Crippen LogP contribution in [0.5, 0.6) is 0 Å². The number of piperidine rings is 1. The zero-order valence-corrected chi connectivity index (χ0v) is 12.5.